The van der Waals surface area contributed by atoms with Crippen LogP contribution in [0.4, 0.5) is 5.69 Å². The minimum absolute atomic E-state index is 0.788. The fourth-order valence-corrected chi connectivity index (χ4v) is 2.12. The van der Waals surface area contributed by atoms with E-state index in [2.05, 4.69) is 54.4 Å². The van der Waals surface area contributed by atoms with Gasteiger partial charge in [0.15, 0.2) is 0 Å². The number of benzene rings is 2. The molecule has 0 aliphatic rings. The third-order valence-electron chi connectivity index (χ3n) is 3.07. The summed E-state index contributed by atoms with van der Waals surface area (Å²) < 4.78 is 0. The van der Waals surface area contributed by atoms with Crippen molar-refractivity contribution in [2.75, 3.05) is 18.5 Å². The summed E-state index contributed by atoms with van der Waals surface area (Å²) in [5.74, 6) is 0. The van der Waals surface area contributed by atoms with Crippen LogP contribution >= 0.6 is 11.6 Å². The van der Waals surface area contributed by atoms with Crippen molar-refractivity contribution in [3.63, 3.8) is 0 Å². The summed E-state index contributed by atoms with van der Waals surface area (Å²) in [5, 5.41) is 0.788. The second kappa shape index (κ2) is 6.46. The van der Waals surface area contributed by atoms with Gasteiger partial charge in [0.1, 0.15) is 0 Å². The minimum atomic E-state index is 0.788. The number of anilines is 1. The highest BCUT2D eigenvalue weighted by molar-refractivity contribution is 6.30. The van der Waals surface area contributed by atoms with Gasteiger partial charge in [-0.25, -0.2) is 0 Å². The van der Waals surface area contributed by atoms with E-state index in [1.54, 1.807) is 0 Å². The lowest BCUT2D eigenvalue weighted by atomic mass is 10.1. The summed E-state index contributed by atoms with van der Waals surface area (Å²) in [4.78, 5) is 2.26. The zero-order valence-electron chi connectivity index (χ0n) is 10.6. The zero-order valence-corrected chi connectivity index (χ0v) is 11.4. The van der Waals surface area contributed by atoms with E-state index in [0.717, 1.165) is 24.4 Å². The van der Waals surface area contributed by atoms with Crippen LogP contribution in [-0.4, -0.2) is 13.6 Å². The van der Waals surface area contributed by atoms with Crippen LogP contribution in [0.1, 0.15) is 12.0 Å². The van der Waals surface area contributed by atoms with Crippen LogP contribution in [0.15, 0.2) is 54.6 Å². The zero-order chi connectivity index (χ0) is 12.8. The monoisotopic (exact) mass is 259 g/mol. The molecule has 0 radical (unpaired) electrons. The average molecular weight is 260 g/mol. The first-order chi connectivity index (χ1) is 8.75. The fourth-order valence-electron chi connectivity index (χ4n) is 1.99. The summed E-state index contributed by atoms with van der Waals surface area (Å²) in [6.07, 6.45) is 2.28. The molecule has 0 aliphatic heterocycles. The van der Waals surface area contributed by atoms with Crippen molar-refractivity contribution >= 4 is 17.3 Å². The van der Waals surface area contributed by atoms with Crippen molar-refractivity contribution in [1.29, 1.82) is 0 Å². The fraction of sp³-hybridized carbons (Fsp3) is 0.250. The van der Waals surface area contributed by atoms with E-state index in [9.17, 15) is 0 Å². The molecule has 0 aliphatic carbocycles. The molecule has 0 spiro atoms. The van der Waals surface area contributed by atoms with Crippen molar-refractivity contribution in [2.45, 2.75) is 12.8 Å². The Hall–Kier alpha value is -1.47. The van der Waals surface area contributed by atoms with E-state index < -0.39 is 0 Å². The van der Waals surface area contributed by atoms with Gasteiger partial charge in [-0.05, 0) is 42.7 Å². The Kier molecular flexibility index (Phi) is 4.66. The van der Waals surface area contributed by atoms with Crippen LogP contribution in [0.3, 0.4) is 0 Å². The van der Waals surface area contributed by atoms with Crippen molar-refractivity contribution in [1.82, 2.24) is 0 Å². The van der Waals surface area contributed by atoms with Gasteiger partial charge in [0, 0.05) is 24.3 Å². The van der Waals surface area contributed by atoms with Gasteiger partial charge >= 0.3 is 0 Å². The topological polar surface area (TPSA) is 3.24 Å². The van der Waals surface area contributed by atoms with Crippen LogP contribution in [-0.2, 0) is 6.42 Å². The summed E-state index contributed by atoms with van der Waals surface area (Å²) in [6, 6.07) is 18.6. The Morgan fingerprint density at radius 1 is 0.944 bits per heavy atom. The van der Waals surface area contributed by atoms with Crippen LogP contribution in [0.5, 0.6) is 0 Å². The first-order valence-corrected chi connectivity index (χ1v) is 6.64. The Morgan fingerprint density at radius 2 is 1.61 bits per heavy atom. The van der Waals surface area contributed by atoms with Gasteiger partial charge < -0.3 is 4.90 Å². The third kappa shape index (κ3) is 3.78. The number of hydrogen-bond acceptors (Lipinski definition) is 1. The molecule has 1 nitrogen and oxygen atoms in total. The molecular weight excluding hydrogens is 242 g/mol. The van der Waals surface area contributed by atoms with E-state index in [-0.39, 0.29) is 0 Å². The maximum atomic E-state index is 5.88. The lowest BCUT2D eigenvalue weighted by Crippen LogP contribution is -2.18. The third-order valence-corrected chi connectivity index (χ3v) is 3.32. The lowest BCUT2D eigenvalue weighted by Gasteiger charge is -2.19. The molecule has 0 heterocycles. The van der Waals surface area contributed by atoms with Gasteiger partial charge in [-0.1, -0.05) is 41.9 Å². The largest absolute Gasteiger partial charge is 0.375 e. The molecule has 0 saturated carbocycles. The number of halogens is 1. The smallest absolute Gasteiger partial charge is 0.0407 e. The van der Waals surface area contributed by atoms with E-state index in [1.807, 2.05) is 12.1 Å². The van der Waals surface area contributed by atoms with Gasteiger partial charge in [0.25, 0.3) is 0 Å². The molecule has 2 heteroatoms. The molecular formula is C16H18ClN. The first-order valence-electron chi connectivity index (χ1n) is 6.26. The highest BCUT2D eigenvalue weighted by Gasteiger charge is 2.00. The second-order valence-corrected chi connectivity index (χ2v) is 4.92. The lowest BCUT2D eigenvalue weighted by molar-refractivity contribution is 0.786. The number of aryl methyl sites for hydroxylation is 1. The maximum Gasteiger partial charge on any atom is 0.0407 e. The molecule has 0 bridgehead atoms. The van der Waals surface area contributed by atoms with Crippen molar-refractivity contribution < 1.29 is 0 Å². The SMILES string of the molecule is CN(CCCc1ccccc1)c1ccc(Cl)cc1. The first kappa shape index (κ1) is 13.0. The van der Waals surface area contributed by atoms with E-state index in [1.165, 1.54) is 11.3 Å². The molecule has 2 aromatic rings. The molecule has 0 amide bonds. The Bertz CT molecular complexity index is 464. The summed E-state index contributed by atoms with van der Waals surface area (Å²) >= 11 is 5.88. The number of nitrogens with zero attached hydrogens (tertiary/aromatic N) is 1. The summed E-state index contributed by atoms with van der Waals surface area (Å²) in [5.41, 5.74) is 2.62. The van der Waals surface area contributed by atoms with Crippen LogP contribution in [0.2, 0.25) is 5.02 Å². The van der Waals surface area contributed by atoms with Crippen molar-refractivity contribution in [2.24, 2.45) is 0 Å². The van der Waals surface area contributed by atoms with Crippen LogP contribution in [0.25, 0.3) is 0 Å². The molecule has 0 unspecified atom stereocenters. The number of hydrogen-bond donors (Lipinski definition) is 0. The van der Waals surface area contributed by atoms with E-state index in [4.69, 9.17) is 11.6 Å². The summed E-state index contributed by atoms with van der Waals surface area (Å²) in [6.45, 7) is 1.05. The molecule has 2 aromatic carbocycles. The maximum absolute atomic E-state index is 5.88. The molecule has 2 rings (SSSR count). The molecule has 0 atom stereocenters. The van der Waals surface area contributed by atoms with Gasteiger partial charge in [-0.15, -0.1) is 0 Å². The van der Waals surface area contributed by atoms with Gasteiger partial charge in [0.05, 0.1) is 0 Å². The molecule has 18 heavy (non-hydrogen) atoms. The molecule has 94 valence electrons. The normalized spacial score (nSPS) is 10.3. The Balaban J connectivity index is 1.81. The Morgan fingerprint density at radius 3 is 2.28 bits per heavy atom. The second-order valence-electron chi connectivity index (χ2n) is 4.49. The molecule has 0 saturated heterocycles. The highest BCUT2D eigenvalue weighted by atomic mass is 35.5. The predicted octanol–water partition coefficient (Wildman–Crippen LogP) is 4.41. The van der Waals surface area contributed by atoms with Crippen molar-refractivity contribution in [3.05, 3.63) is 65.2 Å². The van der Waals surface area contributed by atoms with Gasteiger partial charge in [0.2, 0.25) is 0 Å². The quantitative estimate of drug-likeness (QED) is 0.769. The minimum Gasteiger partial charge on any atom is -0.375 e. The van der Waals surface area contributed by atoms with Crippen molar-refractivity contribution in [3.8, 4) is 0 Å². The van der Waals surface area contributed by atoms with Crippen LogP contribution < -0.4 is 4.90 Å². The van der Waals surface area contributed by atoms with E-state index >= 15 is 0 Å². The Labute approximate surface area is 114 Å². The highest BCUT2D eigenvalue weighted by Crippen LogP contribution is 2.17. The molecule has 0 aromatic heterocycles. The molecule has 0 fully saturated rings. The van der Waals surface area contributed by atoms with E-state index in [0.29, 0.717) is 0 Å². The average Bonchev–Trinajstić information content (AvgIpc) is 2.40. The number of rotatable bonds is 5. The van der Waals surface area contributed by atoms with Gasteiger partial charge in [-0.2, -0.15) is 0 Å². The predicted molar refractivity (Wildman–Crippen MR) is 79.5 cm³/mol. The standard InChI is InChI=1S/C16H18ClN/c1-18(16-11-9-15(17)10-12-16)13-5-8-14-6-3-2-4-7-14/h2-4,6-7,9-12H,5,8,13H2,1H3. The summed E-state index contributed by atoms with van der Waals surface area (Å²) in [7, 11) is 2.12. The van der Waals surface area contributed by atoms with Crippen LogP contribution in [0, 0.1) is 0 Å². The van der Waals surface area contributed by atoms with Gasteiger partial charge in [-0.3, -0.25) is 0 Å². The molecule has 0 N–H and O–H groups in total.